The van der Waals surface area contributed by atoms with Gasteiger partial charge in [0, 0.05) is 0 Å². The van der Waals surface area contributed by atoms with Crippen LogP contribution in [0.3, 0.4) is 0 Å². The summed E-state index contributed by atoms with van der Waals surface area (Å²) in [6.07, 6.45) is 6.35. The van der Waals surface area contributed by atoms with Crippen LogP contribution in [0.5, 0.6) is 11.5 Å². The van der Waals surface area contributed by atoms with Crippen molar-refractivity contribution in [3.05, 3.63) is 48.5 Å². The Labute approximate surface area is 155 Å². The van der Waals surface area contributed by atoms with Crippen LogP contribution in [0.4, 0.5) is 0 Å². The zero-order valence-corrected chi connectivity index (χ0v) is 14.9. The van der Waals surface area contributed by atoms with Crippen molar-refractivity contribution < 1.29 is 37.9 Å². The number of nitrogens with zero attached hydrogens (tertiary/aromatic N) is 2. The van der Waals surface area contributed by atoms with Crippen LogP contribution in [-0.4, -0.2) is 50.1 Å². The van der Waals surface area contributed by atoms with Crippen LogP contribution in [0, 0.1) is 0 Å². The number of ether oxygens (including phenoxy) is 4. The van der Waals surface area contributed by atoms with E-state index in [-0.39, 0.29) is 42.6 Å². The van der Waals surface area contributed by atoms with Gasteiger partial charge >= 0.3 is 11.9 Å². The number of carbonyl (C=O) groups excluding carboxylic acids is 3. The zero-order valence-electron chi connectivity index (χ0n) is 14.9. The van der Waals surface area contributed by atoms with Gasteiger partial charge in [-0.25, -0.2) is 9.59 Å². The number of carbonyl (C=O) groups is 3. The van der Waals surface area contributed by atoms with Gasteiger partial charge in [0.2, 0.25) is 12.3 Å². The van der Waals surface area contributed by atoms with Crippen LogP contribution in [-0.2, 0) is 25.6 Å². The molecule has 0 saturated heterocycles. The lowest BCUT2D eigenvalue weighted by Gasteiger charge is -2.14. The molecule has 27 heavy (non-hydrogen) atoms. The van der Waals surface area contributed by atoms with E-state index in [1.165, 1.54) is 26.4 Å². The molecule has 2 aromatic rings. The predicted octanol–water partition coefficient (Wildman–Crippen LogP) is 0.356. The maximum Gasteiger partial charge on any atom is 0.343 e. The molecule has 1 aromatic heterocycles. The molecule has 0 aliphatic rings. The fourth-order valence-corrected chi connectivity index (χ4v) is 2.12. The molecule has 9 nitrogen and oxygen atoms in total. The van der Waals surface area contributed by atoms with Crippen molar-refractivity contribution in [1.82, 2.24) is 4.98 Å². The van der Waals surface area contributed by atoms with Crippen LogP contribution >= 0.6 is 0 Å². The summed E-state index contributed by atoms with van der Waals surface area (Å²) < 4.78 is 21.5. The van der Waals surface area contributed by atoms with Crippen molar-refractivity contribution in [1.29, 1.82) is 0 Å². The predicted molar refractivity (Wildman–Crippen MR) is 90.2 cm³/mol. The van der Waals surface area contributed by atoms with Gasteiger partial charge in [-0.2, -0.15) is 4.57 Å². The number of esters is 2. The quantitative estimate of drug-likeness (QED) is 0.351. The first-order valence-electron chi connectivity index (χ1n) is 7.89. The molecule has 0 fully saturated rings. The highest BCUT2D eigenvalue weighted by atomic mass is 16.6. The maximum atomic E-state index is 12.9. The molecule has 1 heterocycles. The Balaban J connectivity index is 2.30. The van der Waals surface area contributed by atoms with Gasteiger partial charge in [0.05, 0.1) is 26.6 Å². The molecule has 0 atom stereocenters. The van der Waals surface area contributed by atoms with Gasteiger partial charge in [-0.1, -0.05) is 6.07 Å². The maximum absolute atomic E-state index is 12.9. The first kappa shape index (κ1) is 19.8. The lowest BCUT2D eigenvalue weighted by Crippen LogP contribution is -2.37. The first-order valence-corrected chi connectivity index (χ1v) is 7.89. The first-order chi connectivity index (χ1) is 13.0. The van der Waals surface area contributed by atoms with Gasteiger partial charge in [-0.15, -0.1) is 0 Å². The van der Waals surface area contributed by atoms with Gasteiger partial charge in [-0.3, -0.25) is 9.78 Å². The van der Waals surface area contributed by atoms with Crippen LogP contribution in [0.25, 0.3) is 0 Å². The summed E-state index contributed by atoms with van der Waals surface area (Å²) in [6, 6.07) is 4.63. The SMILES string of the molecule is COC(=O)COc1cccc(OCC(=O)OC)c1C(=O)C[n+]1ccncc1. The second-order valence-electron chi connectivity index (χ2n) is 5.20. The number of hydrogen-bond acceptors (Lipinski definition) is 8. The van der Waals surface area contributed by atoms with E-state index in [1.54, 1.807) is 35.4 Å². The Morgan fingerprint density at radius 3 is 1.93 bits per heavy atom. The summed E-state index contributed by atoms with van der Waals surface area (Å²) in [6.45, 7) is -0.769. The van der Waals surface area contributed by atoms with Crippen LogP contribution in [0.1, 0.15) is 10.4 Å². The molecule has 2 rings (SSSR count). The van der Waals surface area contributed by atoms with Gasteiger partial charge in [0.15, 0.2) is 25.6 Å². The monoisotopic (exact) mass is 375 g/mol. The van der Waals surface area contributed by atoms with Crippen molar-refractivity contribution >= 4 is 17.7 Å². The molecular formula is C18H19N2O7+. The van der Waals surface area contributed by atoms with Crippen molar-refractivity contribution in [3.63, 3.8) is 0 Å². The van der Waals surface area contributed by atoms with Gasteiger partial charge < -0.3 is 18.9 Å². The molecule has 0 bridgehead atoms. The highest BCUT2D eigenvalue weighted by molar-refractivity contribution is 6.00. The van der Waals surface area contributed by atoms with Crippen LogP contribution in [0.15, 0.2) is 43.0 Å². The normalized spacial score (nSPS) is 10.0. The van der Waals surface area contributed by atoms with Crippen molar-refractivity contribution in [2.24, 2.45) is 0 Å². The average molecular weight is 375 g/mol. The van der Waals surface area contributed by atoms with E-state index in [1.807, 2.05) is 0 Å². The molecule has 142 valence electrons. The number of Topliss-reactive ketones (excluding diaryl/α,β-unsaturated/α-hetero) is 1. The molecule has 0 aliphatic heterocycles. The van der Waals surface area contributed by atoms with E-state index in [0.29, 0.717) is 0 Å². The molecule has 0 aliphatic carbocycles. The van der Waals surface area contributed by atoms with Gasteiger partial charge in [-0.05, 0) is 12.1 Å². The molecule has 0 radical (unpaired) electrons. The van der Waals surface area contributed by atoms with Crippen LogP contribution in [0.2, 0.25) is 0 Å². The minimum atomic E-state index is -0.599. The highest BCUT2D eigenvalue weighted by Crippen LogP contribution is 2.29. The van der Waals surface area contributed by atoms with Crippen molar-refractivity contribution in [2.75, 3.05) is 27.4 Å². The summed E-state index contributed by atoms with van der Waals surface area (Å²) in [5, 5.41) is 0. The smallest absolute Gasteiger partial charge is 0.343 e. The number of aromatic nitrogens is 2. The third-order valence-corrected chi connectivity index (χ3v) is 3.43. The van der Waals surface area contributed by atoms with E-state index in [0.717, 1.165) is 0 Å². The Kier molecular flexibility index (Phi) is 7.24. The zero-order chi connectivity index (χ0) is 19.6. The van der Waals surface area contributed by atoms with E-state index in [2.05, 4.69) is 14.5 Å². The van der Waals surface area contributed by atoms with Gasteiger partial charge in [0.1, 0.15) is 17.1 Å². The van der Waals surface area contributed by atoms with Crippen LogP contribution < -0.4 is 14.0 Å². The van der Waals surface area contributed by atoms with E-state index in [4.69, 9.17) is 9.47 Å². The standard InChI is InChI=1S/C18H19N2O7/c1-24-16(22)11-26-14-4-3-5-15(27-12-17(23)25-2)18(14)13(21)10-20-8-6-19-7-9-20/h3-9H,10-12H2,1-2H3/q+1. The lowest BCUT2D eigenvalue weighted by atomic mass is 10.1. The lowest BCUT2D eigenvalue weighted by molar-refractivity contribution is -0.683. The Morgan fingerprint density at radius 2 is 1.44 bits per heavy atom. The minimum absolute atomic E-state index is 0.0182. The Morgan fingerprint density at radius 1 is 0.926 bits per heavy atom. The molecule has 9 heteroatoms. The van der Waals surface area contributed by atoms with E-state index >= 15 is 0 Å². The number of ketones is 1. The summed E-state index contributed by atoms with van der Waals surface area (Å²) in [5.74, 6) is -1.26. The highest BCUT2D eigenvalue weighted by Gasteiger charge is 2.23. The molecule has 1 aromatic carbocycles. The third-order valence-electron chi connectivity index (χ3n) is 3.43. The largest absolute Gasteiger partial charge is 0.481 e. The van der Waals surface area contributed by atoms with E-state index in [9.17, 15) is 14.4 Å². The number of rotatable bonds is 9. The summed E-state index contributed by atoms with van der Waals surface area (Å²) in [5.41, 5.74) is 0.106. The molecular weight excluding hydrogens is 356 g/mol. The molecule has 0 spiro atoms. The Bertz CT molecular complexity index is 770. The number of methoxy groups -OCH3 is 2. The fraction of sp³-hybridized carbons (Fsp3) is 0.278. The minimum Gasteiger partial charge on any atom is -0.481 e. The van der Waals surface area contributed by atoms with E-state index < -0.39 is 11.9 Å². The third kappa shape index (κ3) is 5.77. The molecule has 0 amide bonds. The number of hydrogen-bond donors (Lipinski definition) is 0. The fourth-order valence-electron chi connectivity index (χ4n) is 2.12. The second kappa shape index (κ2) is 9.85. The molecule has 0 saturated carbocycles. The van der Waals surface area contributed by atoms with Crippen molar-refractivity contribution in [3.8, 4) is 11.5 Å². The summed E-state index contributed by atoms with van der Waals surface area (Å²) in [7, 11) is 2.46. The second-order valence-corrected chi connectivity index (χ2v) is 5.20. The summed E-state index contributed by atoms with van der Waals surface area (Å²) in [4.78, 5) is 39.5. The average Bonchev–Trinajstić information content (AvgIpc) is 2.70. The Hall–Kier alpha value is -3.49. The van der Waals surface area contributed by atoms with Gasteiger partial charge in [0.25, 0.3) is 0 Å². The topological polar surface area (TPSA) is 105 Å². The molecule has 0 N–H and O–H groups in total. The molecule has 0 unspecified atom stereocenters. The van der Waals surface area contributed by atoms with Crippen molar-refractivity contribution in [2.45, 2.75) is 6.54 Å². The number of benzene rings is 1. The summed E-state index contributed by atoms with van der Waals surface area (Å²) >= 11 is 0.